The number of nitrogens with zero attached hydrogens (tertiary/aromatic N) is 2. The molecule has 0 aromatic carbocycles. The largest absolute Gasteiger partial charge is 0.390 e. The molecule has 0 aliphatic carbocycles. The van der Waals surface area contributed by atoms with Gasteiger partial charge in [0, 0.05) is 19.3 Å². The molecule has 1 unspecified atom stereocenters. The highest BCUT2D eigenvalue weighted by Gasteiger charge is 2.18. The van der Waals surface area contributed by atoms with Crippen molar-refractivity contribution in [1.82, 2.24) is 15.2 Å². The van der Waals surface area contributed by atoms with Gasteiger partial charge in [0.25, 0.3) is 5.91 Å². The van der Waals surface area contributed by atoms with Crippen molar-refractivity contribution in [2.45, 2.75) is 25.9 Å². The second-order valence-electron chi connectivity index (χ2n) is 5.56. The first kappa shape index (κ1) is 14.9. The number of β-amino-alcohol motifs (C(OH)–C–C–N with tert-alkyl or cyclic N) is 1. The van der Waals surface area contributed by atoms with Crippen LogP contribution >= 0.6 is 0 Å². The molecule has 1 atom stereocenters. The number of aliphatic hydroxyl groups excluding tert-OH is 1. The molecule has 1 aliphatic heterocycles. The van der Waals surface area contributed by atoms with Gasteiger partial charge in [0.1, 0.15) is 5.69 Å². The van der Waals surface area contributed by atoms with Crippen LogP contribution in [-0.4, -0.2) is 53.2 Å². The van der Waals surface area contributed by atoms with Gasteiger partial charge in [-0.25, -0.2) is 0 Å². The van der Waals surface area contributed by atoms with Gasteiger partial charge in [-0.3, -0.25) is 9.78 Å². The average molecular weight is 277 g/mol. The van der Waals surface area contributed by atoms with Crippen LogP contribution in [0.4, 0.5) is 0 Å². The fourth-order valence-electron chi connectivity index (χ4n) is 2.41. The lowest BCUT2D eigenvalue weighted by molar-refractivity contribution is 0.0792. The van der Waals surface area contributed by atoms with E-state index >= 15 is 0 Å². The number of carbonyl (C=O) groups is 1. The lowest BCUT2D eigenvalue weighted by Crippen LogP contribution is -2.43. The van der Waals surface area contributed by atoms with E-state index in [9.17, 15) is 9.90 Å². The predicted octanol–water partition coefficient (Wildman–Crippen LogP) is 0.904. The molecule has 110 valence electrons. The Balaban J connectivity index is 1.70. The molecule has 1 fully saturated rings. The Hall–Kier alpha value is -1.46. The summed E-state index contributed by atoms with van der Waals surface area (Å²) in [6, 6.07) is 5.20. The van der Waals surface area contributed by atoms with Crippen LogP contribution in [0.15, 0.2) is 24.4 Å². The number of piperidine rings is 1. The van der Waals surface area contributed by atoms with Crippen molar-refractivity contribution in [3.63, 3.8) is 0 Å². The van der Waals surface area contributed by atoms with E-state index in [1.165, 1.54) is 12.8 Å². The van der Waals surface area contributed by atoms with Gasteiger partial charge in [0.05, 0.1) is 6.10 Å². The molecule has 5 heteroatoms. The van der Waals surface area contributed by atoms with Crippen molar-refractivity contribution in [2.24, 2.45) is 5.92 Å². The molecule has 1 saturated heterocycles. The second kappa shape index (κ2) is 7.36. The van der Waals surface area contributed by atoms with E-state index < -0.39 is 6.10 Å². The van der Waals surface area contributed by atoms with E-state index in [1.807, 2.05) is 0 Å². The summed E-state index contributed by atoms with van der Waals surface area (Å²) >= 11 is 0. The molecule has 1 aliphatic rings. The molecule has 20 heavy (non-hydrogen) atoms. The highest BCUT2D eigenvalue weighted by molar-refractivity contribution is 5.92. The molecule has 2 heterocycles. The number of rotatable bonds is 5. The van der Waals surface area contributed by atoms with Crippen LogP contribution in [0.5, 0.6) is 0 Å². The third kappa shape index (κ3) is 4.58. The van der Waals surface area contributed by atoms with Crippen LogP contribution in [-0.2, 0) is 0 Å². The van der Waals surface area contributed by atoms with Crippen LogP contribution in [0, 0.1) is 5.92 Å². The standard InChI is InChI=1S/C15H23N3O2/c1-12-5-8-18(9-6-12)11-13(19)10-17-15(20)14-4-2-3-7-16-14/h2-4,7,12-13,19H,5-6,8-11H2,1H3,(H,17,20). The SMILES string of the molecule is CC1CCN(CC(O)CNC(=O)c2ccccn2)CC1. The second-order valence-corrected chi connectivity index (χ2v) is 5.56. The highest BCUT2D eigenvalue weighted by Crippen LogP contribution is 2.15. The first-order valence-electron chi connectivity index (χ1n) is 7.25. The third-order valence-corrected chi connectivity index (χ3v) is 3.74. The topological polar surface area (TPSA) is 65.5 Å². The number of aliphatic hydroxyl groups is 1. The molecule has 5 nitrogen and oxygen atoms in total. The summed E-state index contributed by atoms with van der Waals surface area (Å²) in [5, 5.41) is 12.7. The summed E-state index contributed by atoms with van der Waals surface area (Å²) in [6.07, 6.45) is 3.43. The zero-order chi connectivity index (χ0) is 14.4. The molecule has 2 rings (SSSR count). The lowest BCUT2D eigenvalue weighted by Gasteiger charge is -2.31. The maximum absolute atomic E-state index is 11.8. The van der Waals surface area contributed by atoms with Crippen molar-refractivity contribution in [3.8, 4) is 0 Å². The zero-order valence-electron chi connectivity index (χ0n) is 12.0. The van der Waals surface area contributed by atoms with Crippen molar-refractivity contribution in [2.75, 3.05) is 26.2 Å². The number of nitrogens with one attached hydrogen (secondary N) is 1. The Bertz CT molecular complexity index is 416. The number of hydrogen-bond donors (Lipinski definition) is 2. The maximum atomic E-state index is 11.8. The monoisotopic (exact) mass is 277 g/mol. The third-order valence-electron chi connectivity index (χ3n) is 3.74. The van der Waals surface area contributed by atoms with E-state index in [4.69, 9.17) is 0 Å². The molecule has 1 amide bonds. The first-order chi connectivity index (χ1) is 9.65. The van der Waals surface area contributed by atoms with Gasteiger partial charge in [0.2, 0.25) is 0 Å². The summed E-state index contributed by atoms with van der Waals surface area (Å²) < 4.78 is 0. The minimum Gasteiger partial charge on any atom is -0.390 e. The number of likely N-dealkylation sites (tertiary alicyclic amines) is 1. The predicted molar refractivity (Wildman–Crippen MR) is 77.4 cm³/mol. The van der Waals surface area contributed by atoms with Crippen LogP contribution in [0.2, 0.25) is 0 Å². The molecule has 1 aromatic heterocycles. The van der Waals surface area contributed by atoms with Crippen molar-refractivity contribution < 1.29 is 9.90 Å². The first-order valence-corrected chi connectivity index (χ1v) is 7.25. The van der Waals surface area contributed by atoms with Crippen LogP contribution in [0.3, 0.4) is 0 Å². The number of aromatic nitrogens is 1. The maximum Gasteiger partial charge on any atom is 0.269 e. The van der Waals surface area contributed by atoms with Crippen molar-refractivity contribution in [1.29, 1.82) is 0 Å². The van der Waals surface area contributed by atoms with E-state index in [-0.39, 0.29) is 12.5 Å². The summed E-state index contributed by atoms with van der Waals surface area (Å²) in [5.74, 6) is 0.546. The number of hydrogen-bond acceptors (Lipinski definition) is 4. The normalized spacial score (nSPS) is 18.7. The molecule has 0 saturated carbocycles. The van der Waals surface area contributed by atoms with Gasteiger partial charge in [-0.05, 0) is 44.0 Å². The minimum absolute atomic E-state index is 0.239. The van der Waals surface area contributed by atoms with E-state index in [0.717, 1.165) is 19.0 Å². The minimum atomic E-state index is -0.531. The quantitative estimate of drug-likeness (QED) is 0.839. The van der Waals surface area contributed by atoms with E-state index in [0.29, 0.717) is 12.2 Å². The van der Waals surface area contributed by atoms with E-state index in [2.05, 4.69) is 22.1 Å². The summed E-state index contributed by atoms with van der Waals surface area (Å²) in [6.45, 7) is 5.22. The summed E-state index contributed by atoms with van der Waals surface area (Å²) in [5.41, 5.74) is 0.381. The molecule has 1 aromatic rings. The molecular weight excluding hydrogens is 254 g/mol. The summed E-state index contributed by atoms with van der Waals surface area (Å²) in [4.78, 5) is 18.0. The van der Waals surface area contributed by atoms with Gasteiger partial charge in [-0.15, -0.1) is 0 Å². The fourth-order valence-corrected chi connectivity index (χ4v) is 2.41. The Morgan fingerprint density at radius 2 is 2.25 bits per heavy atom. The lowest BCUT2D eigenvalue weighted by atomic mass is 9.99. The fraction of sp³-hybridized carbons (Fsp3) is 0.600. The van der Waals surface area contributed by atoms with Crippen LogP contribution < -0.4 is 5.32 Å². The zero-order valence-corrected chi connectivity index (χ0v) is 12.0. The Morgan fingerprint density at radius 1 is 1.50 bits per heavy atom. The molecular formula is C15H23N3O2. The molecule has 0 bridgehead atoms. The van der Waals surface area contributed by atoms with Gasteiger partial charge >= 0.3 is 0 Å². The average Bonchev–Trinajstić information content (AvgIpc) is 2.48. The van der Waals surface area contributed by atoms with E-state index in [1.54, 1.807) is 24.4 Å². The van der Waals surface area contributed by atoms with Gasteiger partial charge in [0.15, 0.2) is 0 Å². The van der Waals surface area contributed by atoms with Crippen molar-refractivity contribution >= 4 is 5.91 Å². The Morgan fingerprint density at radius 3 is 2.90 bits per heavy atom. The van der Waals surface area contributed by atoms with Gasteiger partial charge < -0.3 is 15.3 Å². The van der Waals surface area contributed by atoms with Crippen LogP contribution in [0.25, 0.3) is 0 Å². The highest BCUT2D eigenvalue weighted by atomic mass is 16.3. The Kier molecular flexibility index (Phi) is 5.49. The Labute approximate surface area is 120 Å². The number of pyridine rings is 1. The number of carbonyl (C=O) groups excluding carboxylic acids is 1. The molecule has 0 radical (unpaired) electrons. The van der Waals surface area contributed by atoms with Gasteiger partial charge in [-0.1, -0.05) is 13.0 Å². The molecule has 0 spiro atoms. The smallest absolute Gasteiger partial charge is 0.269 e. The molecule has 2 N–H and O–H groups in total. The number of amides is 1. The van der Waals surface area contributed by atoms with Gasteiger partial charge in [-0.2, -0.15) is 0 Å². The van der Waals surface area contributed by atoms with Crippen LogP contribution in [0.1, 0.15) is 30.3 Å². The van der Waals surface area contributed by atoms with Crippen molar-refractivity contribution in [3.05, 3.63) is 30.1 Å². The summed E-state index contributed by atoms with van der Waals surface area (Å²) in [7, 11) is 0.